The lowest BCUT2D eigenvalue weighted by atomic mass is 9.86. The molecule has 2 rings (SSSR count). The van der Waals surface area contributed by atoms with Crippen molar-refractivity contribution in [1.29, 1.82) is 0 Å². The van der Waals surface area contributed by atoms with Gasteiger partial charge in [-0.2, -0.15) is 0 Å². The number of carbonyl (C=O) groups excluding carboxylic acids is 2. The van der Waals surface area contributed by atoms with Crippen molar-refractivity contribution in [3.63, 3.8) is 0 Å². The van der Waals surface area contributed by atoms with Crippen LogP contribution in [0.5, 0.6) is 0 Å². The van der Waals surface area contributed by atoms with Crippen LogP contribution >= 0.6 is 0 Å². The molecule has 23 heavy (non-hydrogen) atoms. The highest BCUT2D eigenvalue weighted by atomic mass is 16.5. The van der Waals surface area contributed by atoms with Gasteiger partial charge in [-0.15, -0.1) is 0 Å². The second-order valence-electron chi connectivity index (χ2n) is 6.33. The molecule has 2 amide bonds. The number of hydrogen-bond acceptors (Lipinski definition) is 5. The summed E-state index contributed by atoms with van der Waals surface area (Å²) in [5.41, 5.74) is 5.09. The molecular weight excluding hydrogens is 296 g/mol. The van der Waals surface area contributed by atoms with Gasteiger partial charge in [-0.25, -0.2) is 0 Å². The summed E-state index contributed by atoms with van der Waals surface area (Å²) in [6.45, 7) is 2.42. The maximum Gasteiger partial charge on any atom is 0.287 e. The molecule has 0 spiro atoms. The summed E-state index contributed by atoms with van der Waals surface area (Å²) in [5, 5.41) is 9.66. The Balaban J connectivity index is 1.63. The highest BCUT2D eigenvalue weighted by Crippen LogP contribution is 2.27. The zero-order valence-corrected chi connectivity index (χ0v) is 13.6. The summed E-state index contributed by atoms with van der Waals surface area (Å²) in [7, 11) is 0. The fraction of sp³-hybridized carbons (Fsp3) is 0.688. The predicted molar refractivity (Wildman–Crippen MR) is 86.9 cm³/mol. The Morgan fingerprint density at radius 1 is 1.39 bits per heavy atom. The van der Waals surface area contributed by atoms with Gasteiger partial charge in [0.2, 0.25) is 11.7 Å². The van der Waals surface area contributed by atoms with Crippen LogP contribution in [0.15, 0.2) is 10.6 Å². The molecule has 0 bridgehead atoms. The fourth-order valence-corrected chi connectivity index (χ4v) is 2.94. The lowest BCUT2D eigenvalue weighted by molar-refractivity contribution is -0.121. The number of anilines is 1. The Bertz CT molecular complexity index is 523. The molecule has 1 aromatic heterocycles. The number of nitrogens with zero attached hydrogens (tertiary/aromatic N) is 1. The van der Waals surface area contributed by atoms with E-state index < -0.39 is 5.91 Å². The van der Waals surface area contributed by atoms with E-state index in [1.165, 1.54) is 38.2 Å². The van der Waals surface area contributed by atoms with E-state index in [9.17, 15) is 9.59 Å². The third-order valence-corrected chi connectivity index (χ3v) is 4.25. The molecule has 1 aliphatic carbocycles. The van der Waals surface area contributed by atoms with Crippen molar-refractivity contribution in [2.75, 3.05) is 11.9 Å². The normalized spacial score (nSPS) is 16.7. The van der Waals surface area contributed by atoms with Gasteiger partial charge in [0.05, 0.1) is 0 Å². The van der Waals surface area contributed by atoms with Crippen LogP contribution in [0.1, 0.15) is 62.4 Å². The number of aromatic nitrogens is 1. The van der Waals surface area contributed by atoms with Crippen LogP contribution in [0.25, 0.3) is 0 Å². The monoisotopic (exact) mass is 322 g/mol. The molecule has 1 atom stereocenters. The zero-order chi connectivity index (χ0) is 16.7. The minimum atomic E-state index is -0.658. The summed E-state index contributed by atoms with van der Waals surface area (Å²) in [6.07, 6.45) is 8.04. The number of amides is 2. The molecule has 4 N–H and O–H groups in total. The van der Waals surface area contributed by atoms with Gasteiger partial charge in [0.15, 0.2) is 5.82 Å². The van der Waals surface area contributed by atoms with E-state index in [1.807, 2.05) is 6.92 Å². The Kier molecular flexibility index (Phi) is 6.43. The van der Waals surface area contributed by atoms with E-state index in [0.29, 0.717) is 24.7 Å². The molecule has 128 valence electrons. The third kappa shape index (κ3) is 5.92. The van der Waals surface area contributed by atoms with E-state index in [4.69, 9.17) is 10.3 Å². The molecule has 0 unspecified atom stereocenters. The van der Waals surface area contributed by atoms with Gasteiger partial charge in [-0.1, -0.05) is 37.3 Å². The van der Waals surface area contributed by atoms with Gasteiger partial charge < -0.3 is 20.9 Å². The van der Waals surface area contributed by atoms with Crippen LogP contribution in [0.3, 0.4) is 0 Å². The van der Waals surface area contributed by atoms with Crippen molar-refractivity contribution in [3.8, 4) is 0 Å². The number of nitrogens with two attached hydrogens (primary N) is 1. The molecule has 0 radical (unpaired) electrons. The van der Waals surface area contributed by atoms with Crippen LogP contribution in [0, 0.1) is 5.92 Å². The lowest BCUT2D eigenvalue weighted by Gasteiger charge is -2.21. The van der Waals surface area contributed by atoms with Gasteiger partial charge in [0.1, 0.15) is 0 Å². The molecule has 7 heteroatoms. The number of primary amides is 1. The maximum atomic E-state index is 12.0. The average Bonchev–Trinajstić information content (AvgIpc) is 3.01. The van der Waals surface area contributed by atoms with Crippen LogP contribution in [-0.4, -0.2) is 29.6 Å². The molecule has 1 aliphatic rings. The van der Waals surface area contributed by atoms with Gasteiger partial charge in [0.25, 0.3) is 5.91 Å². The number of carbonyl (C=O) groups is 2. The van der Waals surface area contributed by atoms with E-state index in [-0.39, 0.29) is 17.7 Å². The molecule has 1 fully saturated rings. The molecule has 1 aromatic rings. The molecule has 1 saturated carbocycles. The van der Waals surface area contributed by atoms with Crippen LogP contribution in [0.2, 0.25) is 0 Å². The maximum absolute atomic E-state index is 12.0. The van der Waals surface area contributed by atoms with Crippen LogP contribution in [0.4, 0.5) is 5.82 Å². The summed E-state index contributed by atoms with van der Waals surface area (Å²) in [4.78, 5) is 22.9. The van der Waals surface area contributed by atoms with Gasteiger partial charge in [-0.3, -0.25) is 9.59 Å². The van der Waals surface area contributed by atoms with Crippen molar-refractivity contribution in [2.24, 2.45) is 11.7 Å². The Hall–Kier alpha value is -2.05. The molecular formula is C16H26N4O3. The summed E-state index contributed by atoms with van der Waals surface area (Å²) < 4.78 is 4.77. The quantitative estimate of drug-likeness (QED) is 0.678. The second-order valence-corrected chi connectivity index (χ2v) is 6.33. The van der Waals surface area contributed by atoms with Crippen molar-refractivity contribution in [2.45, 2.75) is 57.9 Å². The SMILES string of the molecule is C[C@@H](CNc1cc(C(N)=O)on1)NC(=O)CCC1CCCCC1. The largest absolute Gasteiger partial charge is 0.365 e. The number of rotatable bonds is 8. The first-order chi connectivity index (χ1) is 11.0. The Labute approximate surface area is 136 Å². The minimum Gasteiger partial charge on any atom is -0.365 e. The topological polar surface area (TPSA) is 110 Å². The van der Waals surface area contributed by atoms with Crippen LogP contribution < -0.4 is 16.4 Å². The first-order valence-electron chi connectivity index (χ1n) is 8.34. The standard InChI is InChI=1S/C16H26N4O3/c1-11(10-18-14-9-13(16(17)22)23-20-14)19-15(21)8-7-12-5-3-2-4-6-12/h9,11-12H,2-8,10H2,1H3,(H2,17,22)(H,18,20)(H,19,21)/t11-/m0/s1. The van der Waals surface area contributed by atoms with Gasteiger partial charge in [-0.05, 0) is 19.3 Å². The molecule has 1 heterocycles. The fourth-order valence-electron chi connectivity index (χ4n) is 2.94. The van der Waals surface area contributed by atoms with Crippen molar-refractivity contribution < 1.29 is 14.1 Å². The minimum absolute atomic E-state index is 0.0108. The Morgan fingerprint density at radius 3 is 2.78 bits per heavy atom. The first-order valence-corrected chi connectivity index (χ1v) is 8.34. The van der Waals surface area contributed by atoms with Gasteiger partial charge >= 0.3 is 0 Å². The zero-order valence-electron chi connectivity index (χ0n) is 13.6. The van der Waals surface area contributed by atoms with Crippen molar-refractivity contribution in [3.05, 3.63) is 11.8 Å². The molecule has 0 aromatic carbocycles. The van der Waals surface area contributed by atoms with Crippen LogP contribution in [-0.2, 0) is 4.79 Å². The summed E-state index contributed by atoms with van der Waals surface area (Å²) >= 11 is 0. The van der Waals surface area contributed by atoms with E-state index in [0.717, 1.165) is 6.42 Å². The number of nitrogens with one attached hydrogen (secondary N) is 2. The second kappa shape index (κ2) is 8.55. The molecule has 7 nitrogen and oxygen atoms in total. The van der Waals surface area contributed by atoms with E-state index in [1.54, 1.807) is 0 Å². The average molecular weight is 322 g/mol. The highest BCUT2D eigenvalue weighted by molar-refractivity contribution is 5.90. The first kappa shape index (κ1) is 17.3. The Morgan fingerprint density at radius 2 is 2.13 bits per heavy atom. The molecule has 0 saturated heterocycles. The number of hydrogen-bond donors (Lipinski definition) is 3. The summed E-state index contributed by atoms with van der Waals surface area (Å²) in [6, 6.07) is 1.41. The van der Waals surface area contributed by atoms with Crippen molar-refractivity contribution >= 4 is 17.6 Å². The van der Waals surface area contributed by atoms with Gasteiger partial charge in [0, 0.05) is 25.1 Å². The highest BCUT2D eigenvalue weighted by Gasteiger charge is 2.16. The van der Waals surface area contributed by atoms with E-state index >= 15 is 0 Å². The van der Waals surface area contributed by atoms with Crippen molar-refractivity contribution in [1.82, 2.24) is 10.5 Å². The lowest BCUT2D eigenvalue weighted by Crippen LogP contribution is -2.37. The molecule has 0 aliphatic heterocycles. The third-order valence-electron chi connectivity index (χ3n) is 4.25. The van der Waals surface area contributed by atoms with E-state index in [2.05, 4.69) is 15.8 Å². The predicted octanol–water partition coefficient (Wildman–Crippen LogP) is 2.05. The summed E-state index contributed by atoms with van der Waals surface area (Å²) in [5.74, 6) is 0.585. The smallest absolute Gasteiger partial charge is 0.287 e.